The minimum absolute atomic E-state index is 0.0856. The number of carbonyl (C=O) groups excluding carboxylic acids is 1. The first-order valence-electron chi connectivity index (χ1n) is 6.63. The molecule has 0 fully saturated rings. The molecule has 5 nitrogen and oxygen atoms in total. The molecule has 22 heavy (non-hydrogen) atoms. The van der Waals surface area contributed by atoms with Crippen molar-refractivity contribution in [2.45, 2.75) is 25.7 Å². The van der Waals surface area contributed by atoms with Gasteiger partial charge in [-0.3, -0.25) is 4.72 Å². The van der Waals surface area contributed by atoms with Gasteiger partial charge in [-0.2, -0.15) is 0 Å². The zero-order chi connectivity index (χ0) is 16.5. The zero-order valence-corrected chi connectivity index (χ0v) is 13.3. The van der Waals surface area contributed by atoms with Gasteiger partial charge < -0.3 is 9.90 Å². The molecule has 0 aliphatic carbocycles. The topological polar surface area (TPSA) is 86.3 Å². The molecule has 0 unspecified atom stereocenters. The maximum Gasteiger partial charge on any atom is 0.262 e. The van der Waals surface area contributed by atoms with Crippen molar-refractivity contribution < 1.29 is 18.3 Å². The Morgan fingerprint density at radius 3 is 2.18 bits per heavy atom. The lowest BCUT2D eigenvalue weighted by molar-refractivity contribution is -0.255. The number of carboxylic acid groups (broad SMARTS) is 1. The third-order valence-electron chi connectivity index (χ3n) is 3.22. The summed E-state index contributed by atoms with van der Waals surface area (Å²) < 4.78 is 27.5. The highest BCUT2D eigenvalue weighted by Gasteiger charge is 2.20. The van der Waals surface area contributed by atoms with Crippen LogP contribution >= 0.6 is 0 Å². The molecule has 2 aromatic rings. The van der Waals surface area contributed by atoms with E-state index in [0.29, 0.717) is 11.1 Å². The summed E-state index contributed by atoms with van der Waals surface area (Å²) in [5.41, 5.74) is 2.36. The van der Waals surface area contributed by atoms with Crippen molar-refractivity contribution in [3.8, 4) is 0 Å². The molecule has 0 heterocycles. The molecule has 0 atom stereocenters. The number of hydrogen-bond donors (Lipinski definition) is 1. The number of aromatic carboxylic acids is 1. The van der Waals surface area contributed by atoms with E-state index < -0.39 is 16.0 Å². The molecule has 6 heteroatoms. The van der Waals surface area contributed by atoms with Crippen LogP contribution in [0.3, 0.4) is 0 Å². The van der Waals surface area contributed by atoms with E-state index in [2.05, 4.69) is 4.72 Å². The van der Waals surface area contributed by atoms with Crippen LogP contribution in [0.15, 0.2) is 41.3 Å². The van der Waals surface area contributed by atoms with Gasteiger partial charge in [-0.1, -0.05) is 29.8 Å². The van der Waals surface area contributed by atoms with Crippen molar-refractivity contribution >= 4 is 21.7 Å². The highest BCUT2D eigenvalue weighted by Crippen LogP contribution is 2.24. The van der Waals surface area contributed by atoms with Crippen LogP contribution < -0.4 is 9.83 Å². The molecule has 2 rings (SSSR count). The van der Waals surface area contributed by atoms with Gasteiger partial charge in [0.1, 0.15) is 0 Å². The Kier molecular flexibility index (Phi) is 4.23. The molecule has 0 bridgehead atoms. The Labute approximate surface area is 129 Å². The Bertz CT molecular complexity index is 818. The van der Waals surface area contributed by atoms with Crippen LogP contribution in [-0.2, 0) is 10.0 Å². The zero-order valence-electron chi connectivity index (χ0n) is 12.5. The van der Waals surface area contributed by atoms with Gasteiger partial charge >= 0.3 is 0 Å². The molecule has 0 spiro atoms. The molecule has 0 radical (unpaired) electrons. The first kappa shape index (κ1) is 16.0. The lowest BCUT2D eigenvalue weighted by Crippen LogP contribution is -2.22. The third-order valence-corrected chi connectivity index (χ3v) is 4.91. The van der Waals surface area contributed by atoms with Gasteiger partial charge in [0.15, 0.2) is 0 Å². The number of aryl methyl sites for hydroxylation is 3. The summed E-state index contributed by atoms with van der Waals surface area (Å²) in [7, 11) is -3.80. The van der Waals surface area contributed by atoms with Crippen molar-refractivity contribution in [1.29, 1.82) is 0 Å². The molecule has 0 aromatic heterocycles. The first-order valence-corrected chi connectivity index (χ1v) is 8.11. The van der Waals surface area contributed by atoms with Crippen LogP contribution in [0, 0.1) is 20.8 Å². The van der Waals surface area contributed by atoms with E-state index in [-0.39, 0.29) is 16.1 Å². The van der Waals surface area contributed by atoms with Gasteiger partial charge in [0.05, 0.1) is 10.9 Å². The number of carbonyl (C=O) groups is 1. The summed E-state index contributed by atoms with van der Waals surface area (Å²) in [5.74, 6) is -1.36. The number of hydrogen-bond acceptors (Lipinski definition) is 4. The summed E-state index contributed by atoms with van der Waals surface area (Å²) in [6.07, 6.45) is 0. The van der Waals surface area contributed by atoms with Gasteiger partial charge in [0, 0.05) is 5.69 Å². The summed E-state index contributed by atoms with van der Waals surface area (Å²) in [6, 6.07) is 9.10. The van der Waals surface area contributed by atoms with Crippen LogP contribution in [0.5, 0.6) is 0 Å². The van der Waals surface area contributed by atoms with Gasteiger partial charge in [-0.15, -0.1) is 0 Å². The molecule has 1 N–H and O–H groups in total. The van der Waals surface area contributed by atoms with E-state index in [1.54, 1.807) is 26.0 Å². The van der Waals surface area contributed by atoms with Crippen molar-refractivity contribution in [2.24, 2.45) is 0 Å². The normalized spacial score (nSPS) is 11.2. The lowest BCUT2D eigenvalue weighted by Gasteiger charge is -2.14. The minimum Gasteiger partial charge on any atom is -0.545 e. The predicted molar refractivity (Wildman–Crippen MR) is 82.2 cm³/mol. The van der Waals surface area contributed by atoms with Crippen molar-refractivity contribution in [3.05, 3.63) is 58.7 Å². The van der Waals surface area contributed by atoms with Gasteiger partial charge in [-0.05, 0) is 49.6 Å². The fourth-order valence-corrected chi connectivity index (χ4v) is 4.01. The number of benzene rings is 2. The molecule has 0 amide bonds. The number of sulfonamides is 1. The van der Waals surface area contributed by atoms with Crippen molar-refractivity contribution in [3.63, 3.8) is 0 Å². The summed E-state index contributed by atoms with van der Waals surface area (Å²) in [4.78, 5) is 11.1. The molecular weight excluding hydrogens is 302 g/mol. The Balaban J connectivity index is 2.45. The van der Waals surface area contributed by atoms with Crippen LogP contribution in [0.25, 0.3) is 0 Å². The summed E-state index contributed by atoms with van der Waals surface area (Å²) in [5, 5.41) is 10.8. The van der Waals surface area contributed by atoms with Gasteiger partial charge in [0.25, 0.3) is 10.0 Å². The van der Waals surface area contributed by atoms with Gasteiger partial charge in [-0.25, -0.2) is 8.42 Å². The number of anilines is 1. The maximum absolute atomic E-state index is 12.6. The van der Waals surface area contributed by atoms with Gasteiger partial charge in [0.2, 0.25) is 0 Å². The average Bonchev–Trinajstić information content (AvgIpc) is 2.36. The lowest BCUT2D eigenvalue weighted by atomic mass is 10.1. The number of nitrogens with one attached hydrogen (secondary N) is 1. The fraction of sp³-hybridized carbons (Fsp3) is 0.188. The van der Waals surface area contributed by atoms with Crippen LogP contribution in [-0.4, -0.2) is 14.4 Å². The molecule has 116 valence electrons. The van der Waals surface area contributed by atoms with E-state index in [0.717, 1.165) is 5.56 Å². The smallest absolute Gasteiger partial charge is 0.262 e. The molecule has 0 aliphatic rings. The SMILES string of the molecule is Cc1cc(C)c(S(=O)(=O)Nc2cccc(C(=O)[O-])c2)c(C)c1. The second kappa shape index (κ2) is 5.81. The Morgan fingerprint density at radius 2 is 1.64 bits per heavy atom. The Morgan fingerprint density at radius 1 is 1.05 bits per heavy atom. The average molecular weight is 318 g/mol. The molecule has 0 saturated heterocycles. The largest absolute Gasteiger partial charge is 0.545 e. The summed E-state index contributed by atoms with van der Waals surface area (Å²) >= 11 is 0. The monoisotopic (exact) mass is 318 g/mol. The van der Waals surface area contributed by atoms with Crippen LogP contribution in [0.4, 0.5) is 5.69 Å². The van der Waals surface area contributed by atoms with E-state index >= 15 is 0 Å². The van der Waals surface area contributed by atoms with Crippen molar-refractivity contribution in [1.82, 2.24) is 0 Å². The van der Waals surface area contributed by atoms with Crippen molar-refractivity contribution in [2.75, 3.05) is 4.72 Å². The second-order valence-corrected chi connectivity index (χ2v) is 6.82. The molecule has 2 aromatic carbocycles. The maximum atomic E-state index is 12.6. The predicted octanol–water partition coefficient (Wildman–Crippen LogP) is 1.78. The standard InChI is InChI=1S/C16H17NO4S/c1-10-7-11(2)15(12(3)8-10)22(20,21)17-14-6-4-5-13(9-14)16(18)19/h4-9,17H,1-3H3,(H,18,19)/p-1. The highest BCUT2D eigenvalue weighted by atomic mass is 32.2. The van der Waals surface area contributed by atoms with E-state index in [1.807, 2.05) is 6.92 Å². The van der Waals surface area contributed by atoms with Crippen LogP contribution in [0.2, 0.25) is 0 Å². The molecular formula is C16H16NO4S-. The van der Waals surface area contributed by atoms with Crippen LogP contribution in [0.1, 0.15) is 27.0 Å². The first-order chi connectivity index (χ1) is 10.2. The molecule has 0 aliphatic heterocycles. The van der Waals surface area contributed by atoms with E-state index in [1.165, 1.54) is 24.3 Å². The summed E-state index contributed by atoms with van der Waals surface area (Å²) in [6.45, 7) is 5.35. The number of rotatable bonds is 4. The second-order valence-electron chi connectivity index (χ2n) is 5.20. The Hall–Kier alpha value is -2.34. The minimum atomic E-state index is -3.80. The van der Waals surface area contributed by atoms with E-state index in [9.17, 15) is 18.3 Å². The number of carboxylic acids is 1. The molecule has 0 saturated carbocycles. The third kappa shape index (κ3) is 3.28. The van der Waals surface area contributed by atoms with E-state index in [4.69, 9.17) is 0 Å². The fourth-order valence-electron chi connectivity index (χ4n) is 2.51. The highest BCUT2D eigenvalue weighted by molar-refractivity contribution is 7.92. The quantitative estimate of drug-likeness (QED) is 0.931.